The van der Waals surface area contributed by atoms with Crippen molar-refractivity contribution in [2.24, 2.45) is 0 Å². The third kappa shape index (κ3) is 4.76. The van der Waals surface area contributed by atoms with Gasteiger partial charge in [-0.15, -0.1) is 11.3 Å². The van der Waals surface area contributed by atoms with Gasteiger partial charge in [0.25, 0.3) is 0 Å². The van der Waals surface area contributed by atoms with Gasteiger partial charge in [-0.25, -0.2) is 0 Å². The molecule has 0 fully saturated rings. The Morgan fingerprint density at radius 1 is 1.21 bits per heavy atom. The summed E-state index contributed by atoms with van der Waals surface area (Å²) < 4.78 is 0. The lowest BCUT2D eigenvalue weighted by Gasteiger charge is -2.22. The van der Waals surface area contributed by atoms with Crippen molar-refractivity contribution in [2.75, 3.05) is 6.54 Å². The first-order valence-corrected chi connectivity index (χ1v) is 8.81. The summed E-state index contributed by atoms with van der Waals surface area (Å²) in [6.45, 7) is 5.63. The van der Waals surface area contributed by atoms with Crippen LogP contribution in [0, 0.1) is 13.8 Å². The maximum Gasteiger partial charge on any atom is 0.220 e. The van der Waals surface area contributed by atoms with E-state index in [2.05, 4.69) is 5.32 Å². The predicted molar refractivity (Wildman–Crippen MR) is 96.4 cm³/mol. The van der Waals surface area contributed by atoms with Crippen molar-refractivity contribution in [2.45, 2.75) is 39.2 Å². The van der Waals surface area contributed by atoms with Crippen LogP contribution in [0.2, 0.25) is 0 Å². The summed E-state index contributed by atoms with van der Waals surface area (Å²) in [4.78, 5) is 25.1. The highest BCUT2D eigenvalue weighted by atomic mass is 32.1. The fraction of sp³-hybridized carbons (Fsp3) is 0.368. The number of aliphatic hydroxyl groups is 1. The number of nitrogens with one attached hydrogen (secondary N) is 1. The summed E-state index contributed by atoms with van der Waals surface area (Å²) in [5.74, 6) is -0.262. The van der Waals surface area contributed by atoms with Gasteiger partial charge in [-0.3, -0.25) is 9.59 Å². The maximum atomic E-state index is 12.3. The van der Waals surface area contributed by atoms with Crippen LogP contribution in [-0.2, 0) is 10.4 Å². The van der Waals surface area contributed by atoms with Crippen LogP contribution in [0.4, 0.5) is 0 Å². The average Bonchev–Trinajstić information content (AvgIpc) is 3.08. The Bertz CT molecular complexity index is 720. The quantitative estimate of drug-likeness (QED) is 0.756. The van der Waals surface area contributed by atoms with Crippen molar-refractivity contribution in [3.8, 4) is 0 Å². The van der Waals surface area contributed by atoms with Crippen LogP contribution in [-0.4, -0.2) is 23.3 Å². The molecular weight excluding hydrogens is 322 g/mol. The van der Waals surface area contributed by atoms with Gasteiger partial charge < -0.3 is 10.4 Å². The summed E-state index contributed by atoms with van der Waals surface area (Å²) in [6.07, 6.45) is 0.282. The van der Waals surface area contributed by atoms with Crippen molar-refractivity contribution >= 4 is 23.0 Å². The summed E-state index contributed by atoms with van der Waals surface area (Å²) in [5, 5.41) is 15.0. The Hall–Kier alpha value is -1.98. The lowest BCUT2D eigenvalue weighted by Crippen LogP contribution is -2.38. The summed E-state index contributed by atoms with van der Waals surface area (Å²) >= 11 is 1.44. The van der Waals surface area contributed by atoms with Gasteiger partial charge in [0.15, 0.2) is 5.78 Å². The number of carbonyl (C=O) groups excluding carboxylic acids is 2. The average molecular weight is 345 g/mol. The van der Waals surface area contributed by atoms with Crippen molar-refractivity contribution in [3.05, 3.63) is 57.3 Å². The van der Waals surface area contributed by atoms with E-state index in [0.717, 1.165) is 16.0 Å². The fourth-order valence-electron chi connectivity index (χ4n) is 2.43. The van der Waals surface area contributed by atoms with E-state index in [-0.39, 0.29) is 31.1 Å². The van der Waals surface area contributed by atoms with E-state index >= 15 is 0 Å². The zero-order valence-corrected chi connectivity index (χ0v) is 15.1. The van der Waals surface area contributed by atoms with Gasteiger partial charge in [0.2, 0.25) is 5.91 Å². The maximum absolute atomic E-state index is 12.3. The van der Waals surface area contributed by atoms with Crippen molar-refractivity contribution in [3.63, 3.8) is 0 Å². The molecule has 0 radical (unpaired) electrons. The van der Waals surface area contributed by atoms with Crippen LogP contribution in [0.3, 0.4) is 0 Å². The Kier molecular flexibility index (Phi) is 5.91. The summed E-state index contributed by atoms with van der Waals surface area (Å²) in [5.41, 5.74) is 1.53. The molecule has 2 aromatic rings. The third-order valence-corrected chi connectivity index (χ3v) is 5.08. The molecule has 1 aromatic carbocycles. The van der Waals surface area contributed by atoms with Crippen molar-refractivity contribution in [1.29, 1.82) is 0 Å². The molecule has 0 bridgehead atoms. The molecule has 2 rings (SSSR count). The number of hydrogen-bond donors (Lipinski definition) is 2. The number of ketones is 1. The van der Waals surface area contributed by atoms with E-state index in [1.54, 1.807) is 6.92 Å². The number of carbonyl (C=O) groups is 2. The van der Waals surface area contributed by atoms with Crippen molar-refractivity contribution in [1.82, 2.24) is 5.32 Å². The molecule has 1 aromatic heterocycles. The van der Waals surface area contributed by atoms with Gasteiger partial charge in [0, 0.05) is 23.3 Å². The second-order valence-electron chi connectivity index (χ2n) is 6.27. The van der Waals surface area contributed by atoms with Gasteiger partial charge in [-0.1, -0.05) is 23.8 Å². The van der Waals surface area contributed by atoms with Gasteiger partial charge in [0.1, 0.15) is 5.60 Å². The van der Waals surface area contributed by atoms with Gasteiger partial charge in [-0.2, -0.15) is 0 Å². The number of amides is 1. The molecule has 0 aliphatic heterocycles. The van der Waals surface area contributed by atoms with Crippen LogP contribution >= 0.6 is 11.3 Å². The minimum absolute atomic E-state index is 0.0311. The van der Waals surface area contributed by atoms with Crippen LogP contribution < -0.4 is 5.32 Å². The van der Waals surface area contributed by atoms with Crippen molar-refractivity contribution < 1.29 is 14.7 Å². The zero-order chi connectivity index (χ0) is 17.7. The second kappa shape index (κ2) is 7.73. The SMILES string of the molecule is Cc1ccc(C)c(C(=O)CCC(=O)NCC(C)(O)c2cccs2)c1. The van der Waals surface area contributed by atoms with E-state index < -0.39 is 5.60 Å². The monoisotopic (exact) mass is 345 g/mol. The topological polar surface area (TPSA) is 66.4 Å². The first-order chi connectivity index (χ1) is 11.3. The standard InChI is InChI=1S/C19H23NO3S/c1-13-6-7-14(2)15(11-13)16(21)8-9-18(22)20-12-19(3,23)17-5-4-10-24-17/h4-7,10-11,23H,8-9,12H2,1-3H3,(H,20,22). The number of rotatable bonds is 7. The first-order valence-electron chi connectivity index (χ1n) is 7.93. The van der Waals surface area contributed by atoms with Gasteiger partial charge >= 0.3 is 0 Å². The number of thiophene rings is 1. The molecule has 128 valence electrons. The number of Topliss-reactive ketones (excluding diaryl/α,β-unsaturated/α-hetero) is 1. The molecule has 1 atom stereocenters. The molecule has 1 amide bonds. The molecule has 1 heterocycles. The Morgan fingerprint density at radius 2 is 1.96 bits per heavy atom. The minimum atomic E-state index is -1.10. The molecule has 0 spiro atoms. The number of hydrogen-bond acceptors (Lipinski definition) is 4. The van der Waals surface area contributed by atoms with Gasteiger partial charge in [-0.05, 0) is 43.8 Å². The molecule has 4 nitrogen and oxygen atoms in total. The lowest BCUT2D eigenvalue weighted by molar-refractivity contribution is -0.122. The molecule has 0 saturated heterocycles. The molecule has 2 N–H and O–H groups in total. The van der Waals surface area contributed by atoms with Gasteiger partial charge in [0.05, 0.1) is 6.54 Å². The van der Waals surface area contributed by atoms with Crippen LogP contribution in [0.15, 0.2) is 35.7 Å². The third-order valence-electron chi connectivity index (χ3n) is 3.95. The van der Waals surface area contributed by atoms with E-state index in [9.17, 15) is 14.7 Å². The fourth-order valence-corrected chi connectivity index (χ4v) is 3.22. The predicted octanol–water partition coefficient (Wildman–Crippen LogP) is 3.35. The second-order valence-corrected chi connectivity index (χ2v) is 7.22. The summed E-state index contributed by atoms with van der Waals surface area (Å²) in [6, 6.07) is 9.43. The highest BCUT2D eigenvalue weighted by Crippen LogP contribution is 2.24. The largest absolute Gasteiger partial charge is 0.383 e. The van der Waals surface area contributed by atoms with Crippen LogP contribution in [0.1, 0.15) is 46.1 Å². The number of aryl methyl sites for hydroxylation is 2. The first kappa shape index (κ1) is 18.4. The Balaban J connectivity index is 1.85. The highest BCUT2D eigenvalue weighted by Gasteiger charge is 2.24. The molecule has 5 heteroatoms. The zero-order valence-electron chi connectivity index (χ0n) is 14.3. The van der Waals surface area contributed by atoms with Crippen LogP contribution in [0.25, 0.3) is 0 Å². The Morgan fingerprint density at radius 3 is 2.62 bits per heavy atom. The van der Waals surface area contributed by atoms with E-state index in [4.69, 9.17) is 0 Å². The summed E-state index contributed by atoms with van der Waals surface area (Å²) in [7, 11) is 0. The molecule has 1 unspecified atom stereocenters. The molecule has 0 aliphatic rings. The van der Waals surface area contributed by atoms with Crippen LogP contribution in [0.5, 0.6) is 0 Å². The smallest absolute Gasteiger partial charge is 0.220 e. The van der Waals surface area contributed by atoms with E-state index in [1.165, 1.54) is 11.3 Å². The van der Waals surface area contributed by atoms with E-state index in [0.29, 0.717) is 5.56 Å². The lowest BCUT2D eigenvalue weighted by atomic mass is 9.99. The normalized spacial score (nSPS) is 13.3. The minimum Gasteiger partial charge on any atom is -0.383 e. The molecular formula is C19H23NO3S. The molecule has 0 aliphatic carbocycles. The molecule has 0 saturated carbocycles. The number of benzene rings is 1. The van der Waals surface area contributed by atoms with E-state index in [1.807, 2.05) is 49.6 Å². The highest BCUT2D eigenvalue weighted by molar-refractivity contribution is 7.10. The Labute approximate surface area is 146 Å². The molecule has 24 heavy (non-hydrogen) atoms.